The maximum atomic E-state index is 5.92. The second kappa shape index (κ2) is 6.76. The van der Waals surface area contributed by atoms with Crippen molar-refractivity contribution < 1.29 is 9.47 Å². The summed E-state index contributed by atoms with van der Waals surface area (Å²) in [6.45, 7) is 3.30. The maximum absolute atomic E-state index is 5.92. The van der Waals surface area contributed by atoms with Crippen molar-refractivity contribution in [2.75, 3.05) is 13.4 Å². The molecule has 3 heteroatoms. The molecule has 1 aliphatic carbocycles. The Balaban J connectivity index is 1.68. The van der Waals surface area contributed by atoms with Crippen molar-refractivity contribution in [1.82, 2.24) is 0 Å². The lowest BCUT2D eigenvalue weighted by Crippen LogP contribution is -2.21. The normalized spacial score (nSPS) is 16.6. The third-order valence-corrected chi connectivity index (χ3v) is 3.31. The summed E-state index contributed by atoms with van der Waals surface area (Å²) in [6, 6.07) is 8.37. The maximum Gasteiger partial charge on any atom is 0.189 e. The van der Waals surface area contributed by atoms with E-state index < -0.39 is 0 Å². The monoisotopic (exact) mass is 249 g/mol. The molecule has 0 spiro atoms. The van der Waals surface area contributed by atoms with Crippen LogP contribution < -0.4 is 10.5 Å². The highest BCUT2D eigenvalue weighted by Gasteiger charge is 2.21. The van der Waals surface area contributed by atoms with Crippen molar-refractivity contribution in [2.45, 2.75) is 38.6 Å². The lowest BCUT2D eigenvalue weighted by atomic mass is 10.1. The molecule has 0 aliphatic heterocycles. The van der Waals surface area contributed by atoms with Crippen LogP contribution in [0.1, 0.15) is 31.7 Å². The minimum absolute atomic E-state index is 0.249. The summed E-state index contributed by atoms with van der Waals surface area (Å²) in [5.41, 5.74) is 7.18. The SMILES string of the molecule is CCC(N)Cc1ccc(OCOCC2CC2)cc1. The number of hydrogen-bond donors (Lipinski definition) is 1. The molecule has 1 saturated carbocycles. The van der Waals surface area contributed by atoms with Crippen molar-refractivity contribution in [1.29, 1.82) is 0 Å². The number of nitrogens with two attached hydrogens (primary N) is 1. The van der Waals surface area contributed by atoms with Crippen molar-refractivity contribution in [3.8, 4) is 5.75 Å². The molecule has 1 atom stereocenters. The van der Waals surface area contributed by atoms with Crippen LogP contribution >= 0.6 is 0 Å². The van der Waals surface area contributed by atoms with Gasteiger partial charge in [0, 0.05) is 6.04 Å². The van der Waals surface area contributed by atoms with Crippen LogP contribution in [0.15, 0.2) is 24.3 Å². The Labute approximate surface area is 109 Å². The molecule has 0 heterocycles. The predicted molar refractivity (Wildman–Crippen MR) is 72.6 cm³/mol. The summed E-state index contributed by atoms with van der Waals surface area (Å²) in [7, 11) is 0. The van der Waals surface area contributed by atoms with Gasteiger partial charge >= 0.3 is 0 Å². The first-order valence-electron chi connectivity index (χ1n) is 6.83. The molecule has 3 nitrogen and oxygen atoms in total. The summed E-state index contributed by atoms with van der Waals surface area (Å²) < 4.78 is 10.9. The van der Waals surface area contributed by atoms with Gasteiger partial charge in [-0.3, -0.25) is 0 Å². The van der Waals surface area contributed by atoms with E-state index in [1.807, 2.05) is 12.1 Å². The van der Waals surface area contributed by atoms with Crippen molar-refractivity contribution in [3.05, 3.63) is 29.8 Å². The van der Waals surface area contributed by atoms with Crippen LogP contribution in [0.3, 0.4) is 0 Å². The van der Waals surface area contributed by atoms with Gasteiger partial charge in [-0.15, -0.1) is 0 Å². The molecule has 2 N–H and O–H groups in total. The van der Waals surface area contributed by atoms with E-state index in [9.17, 15) is 0 Å². The van der Waals surface area contributed by atoms with E-state index in [0.717, 1.165) is 31.1 Å². The molecule has 1 unspecified atom stereocenters. The van der Waals surface area contributed by atoms with Gasteiger partial charge in [-0.1, -0.05) is 19.1 Å². The lowest BCUT2D eigenvalue weighted by molar-refractivity contribution is 0.00997. The van der Waals surface area contributed by atoms with E-state index in [1.165, 1.54) is 18.4 Å². The molecule has 18 heavy (non-hydrogen) atoms. The van der Waals surface area contributed by atoms with Crippen LogP contribution in [0.4, 0.5) is 0 Å². The number of benzene rings is 1. The van der Waals surface area contributed by atoms with Crippen LogP contribution in [0.5, 0.6) is 5.75 Å². The third-order valence-electron chi connectivity index (χ3n) is 3.31. The van der Waals surface area contributed by atoms with Gasteiger partial charge in [-0.25, -0.2) is 0 Å². The summed E-state index contributed by atoms with van der Waals surface area (Å²) in [4.78, 5) is 0. The molecule has 1 aliphatic rings. The molecule has 0 amide bonds. The van der Waals surface area contributed by atoms with Crippen LogP contribution in [-0.4, -0.2) is 19.4 Å². The molecular weight excluding hydrogens is 226 g/mol. The van der Waals surface area contributed by atoms with Crippen molar-refractivity contribution in [3.63, 3.8) is 0 Å². The zero-order valence-electron chi connectivity index (χ0n) is 11.1. The topological polar surface area (TPSA) is 44.5 Å². The first-order chi connectivity index (χ1) is 8.78. The van der Waals surface area contributed by atoms with Crippen LogP contribution in [0, 0.1) is 5.92 Å². The Bertz CT molecular complexity index is 346. The van der Waals surface area contributed by atoms with Gasteiger partial charge in [0.15, 0.2) is 6.79 Å². The van der Waals surface area contributed by atoms with E-state index in [-0.39, 0.29) is 6.04 Å². The second-order valence-corrected chi connectivity index (χ2v) is 5.09. The fourth-order valence-electron chi connectivity index (χ4n) is 1.78. The molecule has 1 fully saturated rings. The Morgan fingerprint density at radius 3 is 2.61 bits per heavy atom. The molecular formula is C15H23NO2. The summed E-state index contributed by atoms with van der Waals surface area (Å²) in [5.74, 6) is 1.64. The van der Waals surface area contributed by atoms with Crippen LogP contribution in [0.2, 0.25) is 0 Å². The van der Waals surface area contributed by atoms with E-state index in [2.05, 4.69) is 19.1 Å². The molecule has 0 aromatic heterocycles. The molecule has 0 saturated heterocycles. The fourth-order valence-corrected chi connectivity index (χ4v) is 1.78. The second-order valence-electron chi connectivity index (χ2n) is 5.09. The van der Waals surface area contributed by atoms with Crippen LogP contribution in [-0.2, 0) is 11.2 Å². The highest BCUT2D eigenvalue weighted by molar-refractivity contribution is 5.27. The van der Waals surface area contributed by atoms with E-state index in [0.29, 0.717) is 6.79 Å². The van der Waals surface area contributed by atoms with Gasteiger partial charge in [-0.2, -0.15) is 0 Å². The number of rotatable bonds is 8. The molecule has 1 aromatic carbocycles. The van der Waals surface area contributed by atoms with Gasteiger partial charge in [0.1, 0.15) is 5.75 Å². The lowest BCUT2D eigenvalue weighted by Gasteiger charge is -2.10. The van der Waals surface area contributed by atoms with Crippen molar-refractivity contribution in [2.24, 2.45) is 11.7 Å². The summed E-state index contributed by atoms with van der Waals surface area (Å²) in [6.07, 6.45) is 4.56. The largest absolute Gasteiger partial charge is 0.468 e. The van der Waals surface area contributed by atoms with E-state index in [4.69, 9.17) is 15.2 Å². The first-order valence-corrected chi connectivity index (χ1v) is 6.83. The Morgan fingerprint density at radius 2 is 2.00 bits per heavy atom. The van der Waals surface area contributed by atoms with Gasteiger partial charge in [0.25, 0.3) is 0 Å². The number of ether oxygens (including phenoxy) is 2. The average Bonchev–Trinajstić information content (AvgIpc) is 3.20. The summed E-state index contributed by atoms with van der Waals surface area (Å²) in [5, 5.41) is 0. The Morgan fingerprint density at radius 1 is 1.28 bits per heavy atom. The first kappa shape index (κ1) is 13.4. The minimum atomic E-state index is 0.249. The molecule has 1 aromatic rings. The highest BCUT2D eigenvalue weighted by Crippen LogP contribution is 2.28. The minimum Gasteiger partial charge on any atom is -0.468 e. The average molecular weight is 249 g/mol. The standard InChI is InChI=1S/C15H23NO2/c1-2-14(16)9-12-5-7-15(8-6-12)18-11-17-10-13-3-4-13/h5-8,13-14H,2-4,9-11,16H2,1H3. The quantitative estimate of drug-likeness (QED) is 0.569. The number of hydrogen-bond acceptors (Lipinski definition) is 3. The van der Waals surface area contributed by atoms with E-state index >= 15 is 0 Å². The molecule has 2 rings (SSSR count). The molecule has 0 radical (unpaired) electrons. The zero-order chi connectivity index (χ0) is 12.8. The smallest absolute Gasteiger partial charge is 0.189 e. The van der Waals surface area contributed by atoms with E-state index in [1.54, 1.807) is 0 Å². The summed E-state index contributed by atoms with van der Waals surface area (Å²) >= 11 is 0. The predicted octanol–water partition coefficient (Wildman–Crippen LogP) is 2.73. The third kappa shape index (κ3) is 4.67. The van der Waals surface area contributed by atoms with Crippen LogP contribution in [0.25, 0.3) is 0 Å². The van der Waals surface area contributed by atoms with Gasteiger partial charge < -0.3 is 15.2 Å². The highest BCUT2D eigenvalue weighted by atomic mass is 16.7. The van der Waals surface area contributed by atoms with Gasteiger partial charge in [0.2, 0.25) is 0 Å². The molecule has 0 bridgehead atoms. The van der Waals surface area contributed by atoms with Gasteiger partial charge in [0.05, 0.1) is 6.61 Å². The Kier molecular flexibility index (Phi) is 5.02. The Hall–Kier alpha value is -1.06. The zero-order valence-corrected chi connectivity index (χ0v) is 11.1. The fraction of sp³-hybridized carbons (Fsp3) is 0.600. The molecule has 100 valence electrons. The van der Waals surface area contributed by atoms with Gasteiger partial charge in [-0.05, 0) is 49.3 Å². The van der Waals surface area contributed by atoms with Crippen molar-refractivity contribution >= 4 is 0 Å².